The quantitative estimate of drug-likeness (QED) is 0.581. The molecule has 0 aliphatic heterocycles. The van der Waals surface area contributed by atoms with Crippen LogP contribution in [0.2, 0.25) is 0 Å². The fourth-order valence-electron chi connectivity index (χ4n) is 3.00. The standard InChI is InChI=1S/C25H26N2O4S/c1-25(2,3)27-24(29)20-13-15-21(16-14-20)26-23(28)19-11-9-18(10-12-19)17-32(30,31)22-7-5-4-6-8-22/h4-16H,17H2,1-3H3,(H,26,28)(H,27,29). The molecule has 0 saturated heterocycles. The lowest BCUT2D eigenvalue weighted by Gasteiger charge is -2.20. The van der Waals surface area contributed by atoms with Crippen molar-refractivity contribution in [1.29, 1.82) is 0 Å². The van der Waals surface area contributed by atoms with E-state index in [0.717, 1.165) is 0 Å². The van der Waals surface area contributed by atoms with Crippen molar-refractivity contribution in [2.75, 3.05) is 5.32 Å². The summed E-state index contributed by atoms with van der Waals surface area (Å²) in [7, 11) is -3.45. The summed E-state index contributed by atoms with van der Waals surface area (Å²) in [6.45, 7) is 5.71. The van der Waals surface area contributed by atoms with Gasteiger partial charge in [0.05, 0.1) is 10.6 Å². The Morgan fingerprint density at radius 1 is 0.750 bits per heavy atom. The van der Waals surface area contributed by atoms with E-state index in [1.54, 1.807) is 78.9 Å². The zero-order chi connectivity index (χ0) is 23.4. The van der Waals surface area contributed by atoms with Crippen LogP contribution in [0.3, 0.4) is 0 Å². The Hall–Kier alpha value is -3.45. The van der Waals surface area contributed by atoms with Gasteiger partial charge in [-0.25, -0.2) is 8.42 Å². The molecule has 32 heavy (non-hydrogen) atoms. The average Bonchev–Trinajstić information content (AvgIpc) is 2.74. The van der Waals surface area contributed by atoms with Gasteiger partial charge in [-0.3, -0.25) is 9.59 Å². The lowest BCUT2D eigenvalue weighted by atomic mass is 10.1. The van der Waals surface area contributed by atoms with Crippen molar-refractivity contribution in [2.45, 2.75) is 37.0 Å². The number of carbonyl (C=O) groups excluding carboxylic acids is 2. The molecular formula is C25H26N2O4S. The Bertz CT molecular complexity index is 1200. The summed E-state index contributed by atoms with van der Waals surface area (Å²) < 4.78 is 25.0. The minimum atomic E-state index is -3.45. The van der Waals surface area contributed by atoms with Gasteiger partial charge in [0, 0.05) is 22.4 Å². The molecule has 0 aromatic heterocycles. The molecule has 0 saturated carbocycles. The monoisotopic (exact) mass is 450 g/mol. The molecule has 0 fully saturated rings. The van der Waals surface area contributed by atoms with E-state index in [2.05, 4.69) is 10.6 Å². The summed E-state index contributed by atoms with van der Waals surface area (Å²) in [5.74, 6) is -0.650. The van der Waals surface area contributed by atoms with Crippen molar-refractivity contribution in [3.8, 4) is 0 Å². The minimum absolute atomic E-state index is 0.142. The molecule has 3 aromatic rings. The van der Waals surface area contributed by atoms with Crippen LogP contribution in [0, 0.1) is 0 Å². The smallest absolute Gasteiger partial charge is 0.255 e. The molecule has 3 aromatic carbocycles. The molecule has 2 amide bonds. The molecule has 2 N–H and O–H groups in total. The van der Waals surface area contributed by atoms with Gasteiger partial charge in [-0.1, -0.05) is 30.3 Å². The summed E-state index contributed by atoms with van der Waals surface area (Å²) in [6.07, 6.45) is 0. The van der Waals surface area contributed by atoms with Crippen LogP contribution in [0.4, 0.5) is 5.69 Å². The van der Waals surface area contributed by atoms with Crippen molar-refractivity contribution in [3.05, 3.63) is 95.6 Å². The summed E-state index contributed by atoms with van der Waals surface area (Å²) in [4.78, 5) is 25.0. The van der Waals surface area contributed by atoms with Gasteiger partial charge >= 0.3 is 0 Å². The number of amides is 2. The van der Waals surface area contributed by atoms with Crippen LogP contribution < -0.4 is 10.6 Å². The highest BCUT2D eigenvalue weighted by Gasteiger charge is 2.16. The maximum atomic E-state index is 12.5. The molecule has 0 bridgehead atoms. The number of nitrogens with one attached hydrogen (secondary N) is 2. The maximum Gasteiger partial charge on any atom is 0.255 e. The predicted octanol–water partition coefficient (Wildman–Crippen LogP) is 4.44. The van der Waals surface area contributed by atoms with Gasteiger partial charge < -0.3 is 10.6 Å². The van der Waals surface area contributed by atoms with Crippen LogP contribution in [-0.2, 0) is 15.6 Å². The number of rotatable bonds is 6. The van der Waals surface area contributed by atoms with Crippen molar-refractivity contribution in [2.24, 2.45) is 0 Å². The molecule has 0 heterocycles. The third-order valence-corrected chi connectivity index (χ3v) is 6.27. The van der Waals surface area contributed by atoms with E-state index in [0.29, 0.717) is 22.4 Å². The fraction of sp³-hybridized carbons (Fsp3) is 0.200. The Balaban J connectivity index is 1.63. The third kappa shape index (κ3) is 6.28. The Morgan fingerprint density at radius 2 is 1.28 bits per heavy atom. The lowest BCUT2D eigenvalue weighted by molar-refractivity contribution is 0.0919. The van der Waals surface area contributed by atoms with Crippen LogP contribution in [0.1, 0.15) is 47.1 Å². The van der Waals surface area contributed by atoms with Gasteiger partial charge in [-0.15, -0.1) is 0 Å². The predicted molar refractivity (Wildman–Crippen MR) is 125 cm³/mol. The van der Waals surface area contributed by atoms with Crippen LogP contribution in [0.5, 0.6) is 0 Å². The fourth-order valence-corrected chi connectivity index (χ4v) is 4.37. The number of hydrogen-bond acceptors (Lipinski definition) is 4. The zero-order valence-corrected chi connectivity index (χ0v) is 19.1. The van der Waals surface area contributed by atoms with Crippen LogP contribution in [0.15, 0.2) is 83.8 Å². The summed E-state index contributed by atoms with van der Waals surface area (Å²) in [5, 5.41) is 5.66. The number of hydrogen-bond donors (Lipinski definition) is 2. The van der Waals surface area contributed by atoms with Gasteiger partial charge in [0.25, 0.3) is 11.8 Å². The first kappa shape index (κ1) is 23.2. The molecule has 166 valence electrons. The first-order valence-electron chi connectivity index (χ1n) is 10.1. The third-order valence-electron chi connectivity index (χ3n) is 4.57. The zero-order valence-electron chi connectivity index (χ0n) is 18.3. The van der Waals surface area contributed by atoms with Crippen LogP contribution in [-0.4, -0.2) is 25.8 Å². The normalized spacial score (nSPS) is 11.6. The second kappa shape index (κ2) is 9.36. The molecule has 0 unspecified atom stereocenters. The molecule has 7 heteroatoms. The van der Waals surface area contributed by atoms with Crippen molar-refractivity contribution in [1.82, 2.24) is 5.32 Å². The summed E-state index contributed by atoms with van der Waals surface area (Å²) >= 11 is 0. The number of carbonyl (C=O) groups is 2. The summed E-state index contributed by atoms with van der Waals surface area (Å²) in [5.41, 5.74) is 1.72. The van der Waals surface area contributed by atoms with Crippen molar-refractivity contribution < 1.29 is 18.0 Å². The van der Waals surface area contributed by atoms with Gasteiger partial charge in [-0.2, -0.15) is 0 Å². The van der Waals surface area contributed by atoms with Gasteiger partial charge in [-0.05, 0) is 74.9 Å². The maximum absolute atomic E-state index is 12.5. The largest absolute Gasteiger partial charge is 0.347 e. The van der Waals surface area contributed by atoms with E-state index in [1.165, 1.54) is 0 Å². The highest BCUT2D eigenvalue weighted by molar-refractivity contribution is 7.90. The number of anilines is 1. The van der Waals surface area contributed by atoms with Crippen LogP contribution in [0.25, 0.3) is 0 Å². The van der Waals surface area contributed by atoms with Gasteiger partial charge in [0.15, 0.2) is 9.84 Å². The van der Waals surface area contributed by atoms with E-state index in [9.17, 15) is 18.0 Å². The highest BCUT2D eigenvalue weighted by Crippen LogP contribution is 2.17. The van der Waals surface area contributed by atoms with Crippen molar-refractivity contribution >= 4 is 27.3 Å². The van der Waals surface area contributed by atoms with E-state index in [1.807, 2.05) is 20.8 Å². The SMILES string of the molecule is CC(C)(C)NC(=O)c1ccc(NC(=O)c2ccc(CS(=O)(=O)c3ccccc3)cc2)cc1. The van der Waals surface area contributed by atoms with E-state index < -0.39 is 9.84 Å². The van der Waals surface area contributed by atoms with E-state index in [-0.39, 0.29) is 28.0 Å². The molecule has 0 radical (unpaired) electrons. The Kier molecular flexibility index (Phi) is 6.79. The molecule has 0 aliphatic rings. The molecule has 3 rings (SSSR count). The summed E-state index contributed by atoms with van der Waals surface area (Å²) in [6, 6.07) is 21.3. The number of sulfone groups is 1. The molecular weight excluding hydrogens is 424 g/mol. The highest BCUT2D eigenvalue weighted by atomic mass is 32.2. The number of benzene rings is 3. The van der Waals surface area contributed by atoms with E-state index >= 15 is 0 Å². The first-order valence-corrected chi connectivity index (χ1v) is 11.8. The molecule has 0 atom stereocenters. The Labute approximate surface area is 188 Å². The molecule has 6 nitrogen and oxygen atoms in total. The average molecular weight is 451 g/mol. The second-order valence-corrected chi connectivity index (χ2v) is 10.5. The van der Waals surface area contributed by atoms with Gasteiger partial charge in [0.1, 0.15) is 0 Å². The van der Waals surface area contributed by atoms with Crippen LogP contribution >= 0.6 is 0 Å². The Morgan fingerprint density at radius 3 is 1.84 bits per heavy atom. The first-order chi connectivity index (χ1) is 15.0. The minimum Gasteiger partial charge on any atom is -0.347 e. The lowest BCUT2D eigenvalue weighted by Crippen LogP contribution is -2.40. The molecule has 0 spiro atoms. The topological polar surface area (TPSA) is 92.3 Å². The van der Waals surface area contributed by atoms with E-state index in [4.69, 9.17) is 0 Å². The van der Waals surface area contributed by atoms with Gasteiger partial charge in [0.2, 0.25) is 0 Å². The van der Waals surface area contributed by atoms with Crippen molar-refractivity contribution in [3.63, 3.8) is 0 Å². The molecule has 0 aliphatic carbocycles. The second-order valence-electron chi connectivity index (χ2n) is 8.50.